The zero-order valence-electron chi connectivity index (χ0n) is 15.3. The fourth-order valence-electron chi connectivity index (χ4n) is 2.75. The zero-order valence-corrected chi connectivity index (χ0v) is 16.1. The molecule has 9 heteroatoms. The summed E-state index contributed by atoms with van der Waals surface area (Å²) in [5, 5.41) is 4.13. The highest BCUT2D eigenvalue weighted by Crippen LogP contribution is 2.33. The van der Waals surface area contributed by atoms with Crippen molar-refractivity contribution in [1.82, 2.24) is 5.43 Å². The predicted molar refractivity (Wildman–Crippen MR) is 100 cm³/mol. The first-order valence-corrected chi connectivity index (χ1v) is 10.2. The van der Waals surface area contributed by atoms with Gasteiger partial charge in [-0.3, -0.25) is 9.10 Å². The van der Waals surface area contributed by atoms with Gasteiger partial charge in [0.05, 0.1) is 26.2 Å². The van der Waals surface area contributed by atoms with Crippen molar-refractivity contribution in [2.24, 2.45) is 5.10 Å². The second-order valence-corrected chi connectivity index (χ2v) is 7.99. The summed E-state index contributed by atoms with van der Waals surface area (Å²) in [5.41, 5.74) is 3.66. The van der Waals surface area contributed by atoms with Crippen molar-refractivity contribution in [3.8, 4) is 11.5 Å². The van der Waals surface area contributed by atoms with Crippen LogP contribution >= 0.6 is 0 Å². The van der Waals surface area contributed by atoms with Gasteiger partial charge in [-0.15, -0.1) is 0 Å². The quantitative estimate of drug-likeness (QED) is 0.726. The summed E-state index contributed by atoms with van der Waals surface area (Å²) >= 11 is 0. The molecule has 0 unspecified atom stereocenters. The Morgan fingerprint density at radius 1 is 1.19 bits per heavy atom. The number of anilines is 1. The van der Waals surface area contributed by atoms with E-state index in [0.717, 1.165) is 42.0 Å². The molecule has 1 aliphatic carbocycles. The molecule has 1 aromatic rings. The van der Waals surface area contributed by atoms with Crippen LogP contribution in [0.2, 0.25) is 0 Å². The lowest BCUT2D eigenvalue weighted by Gasteiger charge is -2.23. The van der Waals surface area contributed by atoms with Crippen LogP contribution in [0, 0.1) is 0 Å². The Balaban J connectivity index is 2.19. The number of hydrogen-bond acceptors (Lipinski definition) is 6. The van der Waals surface area contributed by atoms with Crippen LogP contribution in [0.3, 0.4) is 0 Å². The number of benzene rings is 1. The summed E-state index contributed by atoms with van der Waals surface area (Å²) in [6.45, 7) is -0.391. The van der Waals surface area contributed by atoms with Gasteiger partial charge >= 0.3 is 0 Å². The van der Waals surface area contributed by atoms with Crippen LogP contribution in [0.15, 0.2) is 23.3 Å². The third-order valence-electron chi connectivity index (χ3n) is 4.11. The lowest BCUT2D eigenvalue weighted by Crippen LogP contribution is -2.39. The van der Waals surface area contributed by atoms with Crippen molar-refractivity contribution >= 4 is 27.3 Å². The average molecular weight is 383 g/mol. The third-order valence-corrected chi connectivity index (χ3v) is 5.24. The maximum atomic E-state index is 12.2. The van der Waals surface area contributed by atoms with E-state index in [1.807, 2.05) is 0 Å². The fraction of sp³-hybridized carbons (Fsp3) is 0.529. The summed E-state index contributed by atoms with van der Waals surface area (Å²) in [5.74, 6) is 0.305. The molecule has 1 saturated carbocycles. The Morgan fingerprint density at radius 2 is 1.88 bits per heavy atom. The lowest BCUT2D eigenvalue weighted by molar-refractivity contribution is -0.119. The molecule has 0 bridgehead atoms. The number of nitrogens with zero attached hydrogens (tertiary/aromatic N) is 2. The first-order chi connectivity index (χ1) is 12.3. The summed E-state index contributed by atoms with van der Waals surface area (Å²) in [4.78, 5) is 12.2. The molecule has 1 aromatic carbocycles. The average Bonchev–Trinajstić information content (AvgIpc) is 2.64. The smallest absolute Gasteiger partial charge is 0.260 e. The van der Waals surface area contributed by atoms with Gasteiger partial charge in [0, 0.05) is 11.8 Å². The highest BCUT2D eigenvalue weighted by molar-refractivity contribution is 7.92. The van der Waals surface area contributed by atoms with Crippen molar-refractivity contribution in [1.29, 1.82) is 0 Å². The molecule has 2 rings (SSSR count). The van der Waals surface area contributed by atoms with Gasteiger partial charge in [0.2, 0.25) is 10.0 Å². The number of amides is 1. The van der Waals surface area contributed by atoms with E-state index in [1.54, 1.807) is 18.2 Å². The topological polar surface area (TPSA) is 97.3 Å². The van der Waals surface area contributed by atoms with Crippen molar-refractivity contribution < 1.29 is 22.7 Å². The van der Waals surface area contributed by atoms with E-state index >= 15 is 0 Å². The molecule has 8 nitrogen and oxygen atoms in total. The van der Waals surface area contributed by atoms with Gasteiger partial charge in [-0.1, -0.05) is 6.42 Å². The Labute approximate surface area is 154 Å². The summed E-state index contributed by atoms with van der Waals surface area (Å²) in [7, 11) is -0.780. The maximum absolute atomic E-state index is 12.2. The summed E-state index contributed by atoms with van der Waals surface area (Å²) in [6, 6.07) is 4.71. The molecule has 0 heterocycles. The Hall–Kier alpha value is -2.29. The normalized spacial score (nSPS) is 14.5. The largest absolute Gasteiger partial charge is 0.497 e. The number of hydrogen-bond donors (Lipinski definition) is 1. The van der Waals surface area contributed by atoms with Gasteiger partial charge < -0.3 is 9.47 Å². The van der Waals surface area contributed by atoms with Gasteiger partial charge in [0.1, 0.15) is 18.0 Å². The molecule has 0 aliphatic heterocycles. The number of methoxy groups -OCH3 is 2. The number of carbonyl (C=O) groups is 1. The molecule has 1 N–H and O–H groups in total. The Morgan fingerprint density at radius 3 is 2.46 bits per heavy atom. The molecule has 0 atom stereocenters. The second-order valence-electron chi connectivity index (χ2n) is 6.08. The van der Waals surface area contributed by atoms with Crippen LogP contribution < -0.4 is 19.2 Å². The van der Waals surface area contributed by atoms with Crippen LogP contribution in [0.25, 0.3) is 0 Å². The van der Waals surface area contributed by atoms with Gasteiger partial charge in [-0.05, 0) is 37.8 Å². The molecule has 0 aromatic heterocycles. The van der Waals surface area contributed by atoms with Crippen molar-refractivity contribution in [2.45, 2.75) is 32.1 Å². The molecule has 1 amide bonds. The zero-order chi connectivity index (χ0) is 19.2. The van der Waals surface area contributed by atoms with E-state index < -0.39 is 22.5 Å². The van der Waals surface area contributed by atoms with Crippen LogP contribution in [0.4, 0.5) is 5.69 Å². The van der Waals surface area contributed by atoms with Crippen molar-refractivity contribution in [3.63, 3.8) is 0 Å². The number of carbonyl (C=O) groups excluding carboxylic acids is 1. The molecule has 0 spiro atoms. The molecule has 144 valence electrons. The summed E-state index contributed by atoms with van der Waals surface area (Å²) in [6.07, 6.45) is 6.06. The van der Waals surface area contributed by atoms with Gasteiger partial charge in [0.25, 0.3) is 5.91 Å². The third kappa shape index (κ3) is 5.35. The minimum Gasteiger partial charge on any atom is -0.497 e. The van der Waals surface area contributed by atoms with E-state index in [9.17, 15) is 13.2 Å². The maximum Gasteiger partial charge on any atom is 0.260 e. The molecule has 1 aliphatic rings. The van der Waals surface area contributed by atoms with Gasteiger partial charge in [-0.2, -0.15) is 5.10 Å². The van der Waals surface area contributed by atoms with Crippen LogP contribution in [0.5, 0.6) is 11.5 Å². The summed E-state index contributed by atoms with van der Waals surface area (Å²) < 4.78 is 35.8. The molecule has 0 radical (unpaired) electrons. The predicted octanol–water partition coefficient (Wildman–Crippen LogP) is 1.91. The fourth-order valence-corrected chi connectivity index (χ4v) is 3.61. The van der Waals surface area contributed by atoms with Crippen LogP contribution in [0.1, 0.15) is 32.1 Å². The van der Waals surface area contributed by atoms with E-state index in [0.29, 0.717) is 11.5 Å². The first kappa shape index (κ1) is 20.0. The van der Waals surface area contributed by atoms with Crippen molar-refractivity contribution in [3.05, 3.63) is 18.2 Å². The SMILES string of the molecule is COc1ccc(N(CC(=O)NN=C2CCCCC2)S(C)(=O)=O)c(OC)c1. The Kier molecular flexibility index (Phi) is 6.84. The minimum absolute atomic E-state index is 0.260. The Bertz CT molecular complexity index is 769. The highest BCUT2D eigenvalue weighted by atomic mass is 32.2. The molecule has 1 fully saturated rings. The number of ether oxygens (including phenoxy) is 2. The van der Waals surface area contributed by atoms with E-state index in [1.165, 1.54) is 20.6 Å². The van der Waals surface area contributed by atoms with E-state index in [2.05, 4.69) is 10.5 Å². The lowest BCUT2D eigenvalue weighted by atomic mass is 9.99. The monoisotopic (exact) mass is 383 g/mol. The van der Waals surface area contributed by atoms with E-state index in [4.69, 9.17) is 9.47 Å². The molecule has 0 saturated heterocycles. The van der Waals surface area contributed by atoms with Crippen LogP contribution in [-0.4, -0.2) is 47.1 Å². The standard InChI is InChI=1S/C17H25N3O5S/c1-24-14-9-10-15(16(11-14)25-2)20(26(3,22)23)12-17(21)19-18-13-7-5-4-6-8-13/h9-11H,4-8,12H2,1-3H3,(H,19,21). The minimum atomic E-state index is -3.71. The molecular weight excluding hydrogens is 358 g/mol. The van der Waals surface area contributed by atoms with Gasteiger partial charge in [-0.25, -0.2) is 13.8 Å². The number of hydrazone groups is 1. The number of sulfonamides is 1. The molecule has 26 heavy (non-hydrogen) atoms. The van der Waals surface area contributed by atoms with Gasteiger partial charge in [0.15, 0.2) is 0 Å². The molecular formula is C17H25N3O5S. The highest BCUT2D eigenvalue weighted by Gasteiger charge is 2.24. The van der Waals surface area contributed by atoms with Crippen molar-refractivity contribution in [2.75, 3.05) is 31.3 Å². The second kappa shape index (κ2) is 8.88. The number of nitrogens with one attached hydrogen (secondary N) is 1. The first-order valence-electron chi connectivity index (χ1n) is 8.39. The number of rotatable bonds is 7. The van der Waals surface area contributed by atoms with Crippen LogP contribution in [-0.2, 0) is 14.8 Å². The van der Waals surface area contributed by atoms with E-state index in [-0.39, 0.29) is 5.69 Å².